The Labute approximate surface area is 175 Å². The molecule has 1 fully saturated rings. The Morgan fingerprint density at radius 1 is 1.14 bits per heavy atom. The first-order chi connectivity index (χ1) is 14.0. The van der Waals surface area contributed by atoms with Crippen molar-refractivity contribution in [3.8, 4) is 11.5 Å². The molecule has 0 bridgehead atoms. The van der Waals surface area contributed by atoms with E-state index in [0.717, 1.165) is 56.0 Å². The number of carbonyl (C=O) groups excluding carboxylic acids is 1. The molecule has 29 heavy (non-hydrogen) atoms. The quantitative estimate of drug-likeness (QED) is 0.660. The molecule has 156 valence electrons. The average molecular weight is 395 g/mol. The van der Waals surface area contributed by atoms with Crippen molar-refractivity contribution in [3.63, 3.8) is 0 Å². The first kappa shape index (κ1) is 21.4. The summed E-state index contributed by atoms with van der Waals surface area (Å²) in [4.78, 5) is 14.4. The minimum atomic E-state index is 0.314. The maximum Gasteiger partial charge on any atom is 0.222 e. The van der Waals surface area contributed by atoms with Crippen molar-refractivity contribution in [3.05, 3.63) is 59.7 Å². The maximum atomic E-state index is 12.4. The third-order valence-corrected chi connectivity index (χ3v) is 5.87. The van der Waals surface area contributed by atoms with Crippen LogP contribution in [-0.2, 0) is 11.3 Å². The average Bonchev–Trinajstić information content (AvgIpc) is 2.75. The zero-order valence-corrected chi connectivity index (χ0v) is 18.0. The molecule has 0 saturated carbocycles. The van der Waals surface area contributed by atoms with E-state index in [2.05, 4.69) is 50.4 Å². The normalized spacial score (nSPS) is 15.9. The van der Waals surface area contributed by atoms with E-state index in [-0.39, 0.29) is 0 Å². The molecule has 0 aromatic heterocycles. The fourth-order valence-electron chi connectivity index (χ4n) is 3.64. The van der Waals surface area contributed by atoms with E-state index < -0.39 is 0 Å². The molecule has 1 unspecified atom stereocenters. The molecular weight excluding hydrogens is 360 g/mol. The number of likely N-dealkylation sites (tertiary alicyclic amines) is 1. The summed E-state index contributed by atoms with van der Waals surface area (Å²) in [6.07, 6.45) is 3.76. The van der Waals surface area contributed by atoms with Crippen LogP contribution < -0.4 is 10.1 Å². The van der Waals surface area contributed by atoms with Crippen LogP contribution in [-0.4, -0.2) is 29.9 Å². The number of para-hydroxylation sites is 1. The summed E-state index contributed by atoms with van der Waals surface area (Å²) in [5.74, 6) is 2.54. The standard InChI is InChI=1S/C25H34N2O2/c1-4-19(2)17-25(28)27-15-13-22(14-16-27)26-18-21-7-5-6-8-24(21)29-23-11-9-20(3)10-12-23/h5-12,19,22,26H,4,13-18H2,1-3H3. The van der Waals surface area contributed by atoms with Gasteiger partial charge in [-0.05, 0) is 43.9 Å². The van der Waals surface area contributed by atoms with E-state index in [1.54, 1.807) is 0 Å². The molecule has 0 aliphatic carbocycles. The second-order valence-corrected chi connectivity index (χ2v) is 8.28. The molecule has 4 heteroatoms. The molecule has 1 atom stereocenters. The number of nitrogens with one attached hydrogen (secondary N) is 1. The van der Waals surface area contributed by atoms with Crippen molar-refractivity contribution in [2.75, 3.05) is 13.1 Å². The van der Waals surface area contributed by atoms with Crippen LogP contribution in [0.15, 0.2) is 48.5 Å². The number of hydrogen-bond donors (Lipinski definition) is 1. The lowest BCUT2D eigenvalue weighted by atomic mass is 10.0. The SMILES string of the molecule is CCC(C)CC(=O)N1CCC(NCc2ccccc2Oc2ccc(C)cc2)CC1. The third-order valence-electron chi connectivity index (χ3n) is 5.87. The van der Waals surface area contributed by atoms with Crippen LogP contribution in [0.2, 0.25) is 0 Å². The van der Waals surface area contributed by atoms with Crippen LogP contribution in [0, 0.1) is 12.8 Å². The minimum Gasteiger partial charge on any atom is -0.457 e. The van der Waals surface area contributed by atoms with Gasteiger partial charge in [-0.2, -0.15) is 0 Å². The van der Waals surface area contributed by atoms with E-state index in [1.807, 2.05) is 29.2 Å². The summed E-state index contributed by atoms with van der Waals surface area (Å²) in [7, 11) is 0. The van der Waals surface area contributed by atoms with Crippen molar-refractivity contribution in [2.24, 2.45) is 5.92 Å². The van der Waals surface area contributed by atoms with Gasteiger partial charge in [-0.25, -0.2) is 0 Å². The van der Waals surface area contributed by atoms with Crippen molar-refractivity contribution in [2.45, 2.75) is 59.0 Å². The lowest BCUT2D eigenvalue weighted by Crippen LogP contribution is -2.45. The number of carbonyl (C=O) groups is 1. The van der Waals surface area contributed by atoms with Gasteiger partial charge in [0.15, 0.2) is 0 Å². The zero-order chi connectivity index (χ0) is 20.6. The number of nitrogens with zero attached hydrogens (tertiary/aromatic N) is 1. The van der Waals surface area contributed by atoms with Gasteiger partial charge in [0.1, 0.15) is 11.5 Å². The van der Waals surface area contributed by atoms with Gasteiger partial charge in [0.2, 0.25) is 5.91 Å². The highest BCUT2D eigenvalue weighted by atomic mass is 16.5. The fourth-order valence-corrected chi connectivity index (χ4v) is 3.64. The minimum absolute atomic E-state index is 0.314. The number of aryl methyl sites for hydroxylation is 1. The Balaban J connectivity index is 1.50. The maximum absolute atomic E-state index is 12.4. The van der Waals surface area contributed by atoms with Crippen LogP contribution in [0.25, 0.3) is 0 Å². The molecule has 1 aliphatic rings. The van der Waals surface area contributed by atoms with E-state index >= 15 is 0 Å². The van der Waals surface area contributed by atoms with Crippen molar-refractivity contribution in [1.82, 2.24) is 10.2 Å². The van der Waals surface area contributed by atoms with Crippen LogP contribution >= 0.6 is 0 Å². The molecule has 0 radical (unpaired) electrons. The van der Waals surface area contributed by atoms with E-state index in [4.69, 9.17) is 4.74 Å². The van der Waals surface area contributed by atoms with Crippen LogP contribution in [0.3, 0.4) is 0 Å². The highest BCUT2D eigenvalue weighted by Gasteiger charge is 2.23. The topological polar surface area (TPSA) is 41.6 Å². The van der Waals surface area contributed by atoms with Crippen LogP contribution in [0.4, 0.5) is 0 Å². The number of hydrogen-bond acceptors (Lipinski definition) is 3. The molecule has 1 heterocycles. The molecule has 0 spiro atoms. The Kier molecular flexibility index (Phi) is 7.70. The van der Waals surface area contributed by atoms with Crippen molar-refractivity contribution in [1.29, 1.82) is 0 Å². The number of amides is 1. The Bertz CT molecular complexity index is 780. The fraction of sp³-hybridized carbons (Fsp3) is 0.480. The molecular formula is C25H34N2O2. The van der Waals surface area contributed by atoms with Crippen molar-refractivity contribution < 1.29 is 9.53 Å². The molecule has 1 N–H and O–H groups in total. The summed E-state index contributed by atoms with van der Waals surface area (Å²) in [5, 5.41) is 3.67. The monoisotopic (exact) mass is 394 g/mol. The van der Waals surface area contributed by atoms with Gasteiger partial charge in [0, 0.05) is 37.7 Å². The van der Waals surface area contributed by atoms with Gasteiger partial charge in [-0.1, -0.05) is 56.2 Å². The van der Waals surface area contributed by atoms with Gasteiger partial charge in [-0.15, -0.1) is 0 Å². The lowest BCUT2D eigenvalue weighted by Gasteiger charge is -2.33. The summed E-state index contributed by atoms with van der Waals surface area (Å²) in [6.45, 7) is 8.86. The number of rotatable bonds is 8. The second-order valence-electron chi connectivity index (χ2n) is 8.28. The van der Waals surface area contributed by atoms with E-state index in [9.17, 15) is 4.79 Å². The van der Waals surface area contributed by atoms with Gasteiger partial charge >= 0.3 is 0 Å². The van der Waals surface area contributed by atoms with E-state index in [1.165, 1.54) is 5.56 Å². The molecule has 2 aromatic carbocycles. The Morgan fingerprint density at radius 2 is 1.83 bits per heavy atom. The summed E-state index contributed by atoms with van der Waals surface area (Å²) >= 11 is 0. The third kappa shape index (κ3) is 6.33. The summed E-state index contributed by atoms with van der Waals surface area (Å²) in [5.41, 5.74) is 2.38. The van der Waals surface area contributed by atoms with Crippen molar-refractivity contribution >= 4 is 5.91 Å². The summed E-state index contributed by atoms with van der Waals surface area (Å²) in [6, 6.07) is 16.8. The smallest absolute Gasteiger partial charge is 0.222 e. The van der Waals surface area contributed by atoms with E-state index in [0.29, 0.717) is 24.3 Å². The number of piperidine rings is 1. The summed E-state index contributed by atoms with van der Waals surface area (Å²) < 4.78 is 6.11. The first-order valence-corrected chi connectivity index (χ1v) is 10.9. The zero-order valence-electron chi connectivity index (χ0n) is 18.0. The molecule has 1 amide bonds. The van der Waals surface area contributed by atoms with Crippen LogP contribution in [0.5, 0.6) is 11.5 Å². The molecule has 3 rings (SSSR count). The number of ether oxygens (including phenoxy) is 1. The second kappa shape index (κ2) is 10.4. The van der Waals surface area contributed by atoms with Gasteiger partial charge in [-0.3, -0.25) is 4.79 Å². The van der Waals surface area contributed by atoms with Gasteiger partial charge in [0.25, 0.3) is 0 Å². The molecule has 4 nitrogen and oxygen atoms in total. The highest BCUT2D eigenvalue weighted by molar-refractivity contribution is 5.76. The van der Waals surface area contributed by atoms with Gasteiger partial charge < -0.3 is 15.0 Å². The largest absolute Gasteiger partial charge is 0.457 e. The lowest BCUT2D eigenvalue weighted by molar-refractivity contribution is -0.133. The highest BCUT2D eigenvalue weighted by Crippen LogP contribution is 2.26. The van der Waals surface area contributed by atoms with Gasteiger partial charge in [0.05, 0.1) is 0 Å². The Hall–Kier alpha value is -2.33. The molecule has 1 aliphatic heterocycles. The first-order valence-electron chi connectivity index (χ1n) is 10.9. The molecule has 1 saturated heterocycles. The predicted molar refractivity (Wildman–Crippen MR) is 118 cm³/mol. The molecule has 2 aromatic rings. The predicted octanol–water partition coefficient (Wildman–Crippen LogP) is 5.30. The number of benzene rings is 2. The Morgan fingerprint density at radius 3 is 2.52 bits per heavy atom. The van der Waals surface area contributed by atoms with Crippen LogP contribution in [0.1, 0.15) is 50.7 Å².